The molecule has 0 aliphatic heterocycles. The van der Waals surface area contributed by atoms with Gasteiger partial charge in [0, 0.05) is 0 Å². The first-order chi connectivity index (χ1) is 7.90. The minimum Gasteiger partial charge on any atom is -0.493 e. The van der Waals surface area contributed by atoms with Gasteiger partial charge in [-0.3, -0.25) is 12.2 Å². The van der Waals surface area contributed by atoms with Crippen LogP contribution in [-0.2, 0) is 19.5 Å². The summed E-state index contributed by atoms with van der Waals surface area (Å²) in [5.41, 5.74) is 4.39. The van der Waals surface area contributed by atoms with Crippen molar-refractivity contribution < 1.29 is 19.5 Å². The van der Waals surface area contributed by atoms with Crippen LogP contribution in [0.4, 0.5) is 0 Å². The van der Waals surface area contributed by atoms with Gasteiger partial charge in [0.15, 0.2) is 0 Å². The van der Waals surface area contributed by atoms with Gasteiger partial charge in [-0.25, -0.2) is 5.57 Å². The second-order valence-corrected chi connectivity index (χ2v) is 5.85. The molecule has 0 N–H and O–H groups in total. The Bertz CT molecular complexity index is 410. The smallest absolute Gasteiger partial charge is 0.493 e. The Kier molecular flexibility index (Phi) is 7.00. The van der Waals surface area contributed by atoms with Gasteiger partial charge in [0.1, 0.15) is 0 Å². The summed E-state index contributed by atoms with van der Waals surface area (Å²) in [5, 5.41) is 0. The minimum absolute atomic E-state index is 0. The van der Waals surface area contributed by atoms with E-state index < -0.39 is 0 Å². The molecule has 2 bridgehead atoms. The molecule has 0 fully saturated rings. The Hall–Kier alpha value is -0.127. The van der Waals surface area contributed by atoms with Gasteiger partial charge in [-0.2, -0.15) is 17.1 Å². The quantitative estimate of drug-likeness (QED) is 0.320. The Morgan fingerprint density at radius 3 is 1.89 bits per heavy atom. The van der Waals surface area contributed by atoms with Crippen molar-refractivity contribution in [2.24, 2.45) is 17.3 Å². The van der Waals surface area contributed by atoms with Crippen LogP contribution in [0.15, 0.2) is 34.9 Å². The summed E-state index contributed by atoms with van der Waals surface area (Å²) in [5.74, 6) is 1.44. The number of allylic oxidation sites excluding steroid dienone is 8. The number of fused-ring (bicyclic) bond motifs is 2. The largest absolute Gasteiger partial charge is 2.00 e. The standard InChI is InChI=1S/C10H15.C7H7.ClH.Ru/c1-7-6-10(4,5)9(3)8(7)2;1-2-7-4-3-6(1)5-7;;/h1-5H3;1-3,6-7H,5H2;1H;/q2*-1;;+2. The SMILES string of the molecule is CC1=[C-]C(C)(C)C(C)=C1C.Cl.[C-]1=CC2C=CC1C2.[Ru+2]. The van der Waals surface area contributed by atoms with Gasteiger partial charge in [0.2, 0.25) is 0 Å². The monoisotopic (exact) mass is 364 g/mol. The van der Waals surface area contributed by atoms with E-state index in [9.17, 15) is 0 Å². The predicted octanol–water partition coefficient (Wildman–Crippen LogP) is 5.08. The fraction of sp³-hybridized carbons (Fsp3) is 0.529. The van der Waals surface area contributed by atoms with Crippen LogP contribution in [0, 0.1) is 29.4 Å². The Labute approximate surface area is 137 Å². The summed E-state index contributed by atoms with van der Waals surface area (Å²) in [6.45, 7) is 10.9. The zero-order valence-corrected chi connectivity index (χ0v) is 14.9. The zero-order valence-electron chi connectivity index (χ0n) is 12.4. The average molecular weight is 364 g/mol. The van der Waals surface area contributed by atoms with E-state index >= 15 is 0 Å². The molecule has 0 radical (unpaired) electrons. The van der Waals surface area contributed by atoms with Gasteiger partial charge >= 0.3 is 19.5 Å². The summed E-state index contributed by atoms with van der Waals surface area (Å²) in [7, 11) is 0. The molecule has 0 aromatic carbocycles. The van der Waals surface area contributed by atoms with Gasteiger partial charge in [0.05, 0.1) is 0 Å². The van der Waals surface area contributed by atoms with E-state index in [0.29, 0.717) is 5.92 Å². The van der Waals surface area contributed by atoms with Crippen LogP contribution in [0.1, 0.15) is 41.0 Å². The van der Waals surface area contributed by atoms with Crippen LogP contribution in [0.5, 0.6) is 0 Å². The molecule has 2 heteroatoms. The maximum atomic E-state index is 3.44. The van der Waals surface area contributed by atoms with Gasteiger partial charge < -0.3 is 6.08 Å². The van der Waals surface area contributed by atoms with Crippen LogP contribution in [0.3, 0.4) is 0 Å². The number of hydrogen-bond donors (Lipinski definition) is 0. The van der Waals surface area contributed by atoms with Crippen LogP contribution < -0.4 is 0 Å². The average Bonchev–Trinajstić information content (AvgIpc) is 2.94. The Morgan fingerprint density at radius 2 is 1.79 bits per heavy atom. The molecule has 3 aliphatic carbocycles. The summed E-state index contributed by atoms with van der Waals surface area (Å²) < 4.78 is 0. The van der Waals surface area contributed by atoms with Gasteiger partial charge in [0.25, 0.3) is 0 Å². The van der Waals surface area contributed by atoms with E-state index in [2.05, 4.69) is 65.0 Å². The molecule has 106 valence electrons. The summed E-state index contributed by atoms with van der Waals surface area (Å²) in [6, 6.07) is 0. The molecule has 3 rings (SSSR count). The first kappa shape index (κ1) is 18.9. The molecule has 0 nitrogen and oxygen atoms in total. The first-order valence-corrected chi connectivity index (χ1v) is 6.48. The molecular weight excluding hydrogens is 341 g/mol. The molecule has 0 aromatic rings. The van der Waals surface area contributed by atoms with E-state index in [0.717, 1.165) is 5.92 Å². The third-order valence-electron chi connectivity index (χ3n) is 4.20. The van der Waals surface area contributed by atoms with Crippen molar-refractivity contribution in [1.29, 1.82) is 0 Å². The normalized spacial score (nSPS) is 28.4. The molecule has 0 spiro atoms. The fourth-order valence-corrected chi connectivity index (χ4v) is 2.63. The molecule has 3 aliphatic rings. The van der Waals surface area contributed by atoms with Gasteiger partial charge in [-0.1, -0.05) is 45.6 Å². The Balaban J connectivity index is 0.000000320. The van der Waals surface area contributed by atoms with E-state index in [1.165, 1.54) is 23.1 Å². The van der Waals surface area contributed by atoms with Crippen molar-refractivity contribution in [2.45, 2.75) is 41.0 Å². The molecule has 19 heavy (non-hydrogen) atoms. The maximum absolute atomic E-state index is 3.44. The second-order valence-electron chi connectivity index (χ2n) is 5.85. The molecular formula is C17H23ClRu. The van der Waals surface area contributed by atoms with E-state index in [1.54, 1.807) is 0 Å². The van der Waals surface area contributed by atoms with Crippen molar-refractivity contribution in [1.82, 2.24) is 0 Å². The molecule has 2 unspecified atom stereocenters. The van der Waals surface area contributed by atoms with Gasteiger partial charge in [-0.05, 0) is 5.92 Å². The van der Waals surface area contributed by atoms with Gasteiger partial charge in [-0.15, -0.1) is 25.4 Å². The summed E-state index contributed by atoms with van der Waals surface area (Å²) >= 11 is 0. The van der Waals surface area contributed by atoms with Crippen LogP contribution >= 0.6 is 12.4 Å². The number of halogens is 1. The van der Waals surface area contributed by atoms with Crippen molar-refractivity contribution in [3.05, 3.63) is 47.1 Å². The van der Waals surface area contributed by atoms with Crippen molar-refractivity contribution in [3.8, 4) is 0 Å². The van der Waals surface area contributed by atoms with E-state index in [4.69, 9.17) is 0 Å². The fourth-order valence-electron chi connectivity index (χ4n) is 2.63. The molecule has 0 saturated carbocycles. The maximum Gasteiger partial charge on any atom is 2.00 e. The molecule has 0 amide bonds. The predicted molar refractivity (Wildman–Crippen MR) is 80.4 cm³/mol. The third-order valence-corrected chi connectivity index (χ3v) is 4.20. The van der Waals surface area contributed by atoms with Crippen molar-refractivity contribution >= 4 is 12.4 Å². The van der Waals surface area contributed by atoms with Crippen molar-refractivity contribution in [2.75, 3.05) is 0 Å². The Morgan fingerprint density at radius 1 is 1.16 bits per heavy atom. The number of rotatable bonds is 0. The van der Waals surface area contributed by atoms with E-state index in [1.807, 2.05) is 0 Å². The zero-order chi connectivity index (χ0) is 12.6. The van der Waals surface area contributed by atoms with Crippen LogP contribution in [-0.4, -0.2) is 0 Å². The first-order valence-electron chi connectivity index (χ1n) is 6.48. The molecule has 0 saturated heterocycles. The summed E-state index contributed by atoms with van der Waals surface area (Å²) in [4.78, 5) is 0. The van der Waals surface area contributed by atoms with E-state index in [-0.39, 0.29) is 37.3 Å². The van der Waals surface area contributed by atoms with Crippen LogP contribution in [0.25, 0.3) is 0 Å². The minimum atomic E-state index is 0. The van der Waals surface area contributed by atoms with Crippen LogP contribution in [0.2, 0.25) is 0 Å². The van der Waals surface area contributed by atoms with Crippen molar-refractivity contribution in [3.63, 3.8) is 0 Å². The summed E-state index contributed by atoms with van der Waals surface area (Å²) in [6.07, 6.45) is 14.7. The molecule has 0 heterocycles. The number of hydrogen-bond acceptors (Lipinski definition) is 0. The second kappa shape index (κ2) is 7.05. The third kappa shape index (κ3) is 4.17. The topological polar surface area (TPSA) is 0 Å². The molecule has 2 atom stereocenters. The molecule has 0 aromatic heterocycles.